The van der Waals surface area contributed by atoms with E-state index < -0.39 is 0 Å². The van der Waals surface area contributed by atoms with Crippen LogP contribution in [-0.4, -0.2) is 43.2 Å². The lowest BCUT2D eigenvalue weighted by atomic mass is 10.1. The summed E-state index contributed by atoms with van der Waals surface area (Å²) < 4.78 is 4.17. The number of amides is 1. The van der Waals surface area contributed by atoms with Crippen molar-refractivity contribution in [1.82, 2.24) is 24.2 Å². The molecule has 0 unspecified atom stereocenters. The van der Waals surface area contributed by atoms with Crippen molar-refractivity contribution in [1.29, 1.82) is 0 Å². The standard InChI is InChI=1S/C22H28N6O/c1-2-27-15-12-23-21(27)17-26-13-9-19(10-14-26)28-20(8-11-24-28)25-22(29)16-18-6-4-3-5-7-18/h3-8,11-12,15,19H,2,9-10,13-14,16-17H2,1H3,(H,25,29). The van der Waals surface area contributed by atoms with Crippen LogP contribution in [0.1, 0.15) is 37.2 Å². The van der Waals surface area contributed by atoms with Crippen LogP contribution in [-0.2, 0) is 24.3 Å². The van der Waals surface area contributed by atoms with Gasteiger partial charge in [0.05, 0.1) is 25.2 Å². The van der Waals surface area contributed by atoms with Crippen LogP contribution >= 0.6 is 0 Å². The van der Waals surface area contributed by atoms with Crippen LogP contribution in [0.5, 0.6) is 0 Å². The van der Waals surface area contributed by atoms with Crippen molar-refractivity contribution in [2.75, 3.05) is 18.4 Å². The SMILES string of the molecule is CCn1ccnc1CN1CCC(n2nccc2NC(=O)Cc2ccccc2)CC1. The number of imidazole rings is 1. The number of hydrogen-bond acceptors (Lipinski definition) is 4. The van der Waals surface area contributed by atoms with Crippen LogP contribution in [0.2, 0.25) is 0 Å². The molecule has 1 saturated heterocycles. The fraction of sp³-hybridized carbons (Fsp3) is 0.409. The molecule has 0 spiro atoms. The molecule has 1 aliphatic heterocycles. The van der Waals surface area contributed by atoms with Gasteiger partial charge >= 0.3 is 0 Å². The molecule has 29 heavy (non-hydrogen) atoms. The highest BCUT2D eigenvalue weighted by atomic mass is 16.1. The summed E-state index contributed by atoms with van der Waals surface area (Å²) in [5, 5.41) is 7.53. The minimum Gasteiger partial charge on any atom is -0.334 e. The molecule has 0 saturated carbocycles. The van der Waals surface area contributed by atoms with E-state index >= 15 is 0 Å². The van der Waals surface area contributed by atoms with Gasteiger partial charge in [-0.1, -0.05) is 30.3 Å². The van der Waals surface area contributed by atoms with Gasteiger partial charge in [0, 0.05) is 38.1 Å². The number of aromatic nitrogens is 4. The van der Waals surface area contributed by atoms with E-state index in [1.165, 1.54) is 0 Å². The summed E-state index contributed by atoms with van der Waals surface area (Å²) in [5.41, 5.74) is 1.01. The Morgan fingerprint density at radius 3 is 2.69 bits per heavy atom. The molecule has 4 rings (SSSR count). The molecular formula is C22H28N6O. The predicted molar refractivity (Wildman–Crippen MR) is 112 cm³/mol. The summed E-state index contributed by atoms with van der Waals surface area (Å²) in [6, 6.07) is 12.0. The van der Waals surface area contributed by atoms with Gasteiger partial charge in [-0.25, -0.2) is 9.67 Å². The minimum absolute atomic E-state index is 0.0122. The first-order valence-corrected chi connectivity index (χ1v) is 10.3. The largest absolute Gasteiger partial charge is 0.334 e. The lowest BCUT2D eigenvalue weighted by molar-refractivity contribution is -0.115. The molecule has 1 amide bonds. The van der Waals surface area contributed by atoms with E-state index in [1.54, 1.807) is 6.20 Å². The molecular weight excluding hydrogens is 364 g/mol. The molecule has 1 aliphatic rings. The zero-order valence-electron chi connectivity index (χ0n) is 16.9. The number of piperidine rings is 1. The molecule has 1 N–H and O–H groups in total. The first kappa shape index (κ1) is 19.4. The summed E-state index contributed by atoms with van der Waals surface area (Å²) >= 11 is 0. The Balaban J connectivity index is 1.32. The van der Waals surface area contributed by atoms with Crippen molar-refractivity contribution < 1.29 is 4.79 Å². The van der Waals surface area contributed by atoms with Gasteiger partial charge in [-0.05, 0) is 25.3 Å². The Bertz CT molecular complexity index is 924. The molecule has 3 heterocycles. The number of nitrogens with one attached hydrogen (secondary N) is 1. The van der Waals surface area contributed by atoms with E-state index in [9.17, 15) is 4.79 Å². The highest BCUT2D eigenvalue weighted by Gasteiger charge is 2.24. The lowest BCUT2D eigenvalue weighted by Crippen LogP contribution is -2.35. The Morgan fingerprint density at radius 1 is 1.14 bits per heavy atom. The highest BCUT2D eigenvalue weighted by Crippen LogP contribution is 2.26. The number of anilines is 1. The maximum absolute atomic E-state index is 12.4. The first-order valence-electron chi connectivity index (χ1n) is 10.3. The van der Waals surface area contributed by atoms with E-state index in [2.05, 4.69) is 31.8 Å². The summed E-state index contributed by atoms with van der Waals surface area (Å²) in [7, 11) is 0. The average Bonchev–Trinajstić information content (AvgIpc) is 3.38. The monoisotopic (exact) mass is 392 g/mol. The van der Waals surface area contributed by atoms with E-state index in [1.807, 2.05) is 53.5 Å². The summed E-state index contributed by atoms with van der Waals surface area (Å²) in [5.74, 6) is 1.89. The van der Waals surface area contributed by atoms with Gasteiger partial charge < -0.3 is 9.88 Å². The topological polar surface area (TPSA) is 68.0 Å². The second-order valence-corrected chi connectivity index (χ2v) is 7.51. The van der Waals surface area contributed by atoms with Crippen LogP contribution in [0.3, 0.4) is 0 Å². The lowest BCUT2D eigenvalue weighted by Gasteiger charge is -2.32. The Hall–Kier alpha value is -2.93. The number of carbonyl (C=O) groups excluding carboxylic acids is 1. The van der Waals surface area contributed by atoms with E-state index in [0.717, 1.165) is 56.2 Å². The van der Waals surface area contributed by atoms with E-state index in [4.69, 9.17) is 0 Å². The van der Waals surface area contributed by atoms with E-state index in [-0.39, 0.29) is 5.91 Å². The molecule has 152 valence electrons. The third kappa shape index (κ3) is 4.74. The number of likely N-dealkylation sites (tertiary alicyclic amines) is 1. The number of nitrogens with zero attached hydrogens (tertiary/aromatic N) is 5. The maximum atomic E-state index is 12.4. The van der Waals surface area contributed by atoms with Crippen LogP contribution in [0.25, 0.3) is 0 Å². The van der Waals surface area contributed by atoms with Crippen molar-refractivity contribution >= 4 is 11.7 Å². The Kier molecular flexibility index (Phi) is 6.05. The molecule has 7 nitrogen and oxygen atoms in total. The molecule has 0 aliphatic carbocycles. The second kappa shape index (κ2) is 9.05. The van der Waals surface area contributed by atoms with Gasteiger partial charge in [0.25, 0.3) is 0 Å². The quantitative estimate of drug-likeness (QED) is 0.671. The average molecular weight is 393 g/mol. The molecule has 1 fully saturated rings. The summed E-state index contributed by atoms with van der Waals surface area (Å²) in [6.45, 7) is 5.97. The zero-order valence-corrected chi connectivity index (χ0v) is 16.9. The van der Waals surface area contributed by atoms with Crippen molar-refractivity contribution in [2.24, 2.45) is 0 Å². The van der Waals surface area contributed by atoms with Crippen molar-refractivity contribution in [2.45, 2.75) is 45.3 Å². The molecule has 0 radical (unpaired) electrons. The zero-order chi connectivity index (χ0) is 20.1. The van der Waals surface area contributed by atoms with Crippen molar-refractivity contribution in [3.8, 4) is 0 Å². The number of hydrogen-bond donors (Lipinski definition) is 1. The molecule has 3 aromatic rings. The van der Waals surface area contributed by atoms with Crippen LogP contribution in [0.4, 0.5) is 5.82 Å². The summed E-state index contributed by atoms with van der Waals surface area (Å²) in [4.78, 5) is 19.4. The molecule has 0 atom stereocenters. The fourth-order valence-corrected chi connectivity index (χ4v) is 3.97. The maximum Gasteiger partial charge on any atom is 0.229 e. The van der Waals surface area contributed by atoms with Crippen molar-refractivity contribution in [3.05, 3.63) is 66.4 Å². The number of rotatable bonds is 7. The third-order valence-corrected chi connectivity index (χ3v) is 5.56. The second-order valence-electron chi connectivity index (χ2n) is 7.51. The van der Waals surface area contributed by atoms with Gasteiger partial charge in [-0.15, -0.1) is 0 Å². The van der Waals surface area contributed by atoms with Crippen LogP contribution in [0.15, 0.2) is 55.0 Å². The third-order valence-electron chi connectivity index (χ3n) is 5.56. The van der Waals surface area contributed by atoms with Crippen LogP contribution in [0, 0.1) is 0 Å². The van der Waals surface area contributed by atoms with Gasteiger partial charge in [0.15, 0.2) is 0 Å². The number of benzene rings is 1. The highest BCUT2D eigenvalue weighted by molar-refractivity contribution is 5.91. The predicted octanol–water partition coefficient (Wildman–Crippen LogP) is 3.12. The Labute approximate surface area is 171 Å². The van der Waals surface area contributed by atoms with Crippen LogP contribution < -0.4 is 5.32 Å². The van der Waals surface area contributed by atoms with E-state index in [0.29, 0.717) is 12.5 Å². The van der Waals surface area contributed by atoms with Crippen molar-refractivity contribution in [3.63, 3.8) is 0 Å². The molecule has 7 heteroatoms. The minimum atomic E-state index is -0.0122. The molecule has 0 bridgehead atoms. The van der Waals surface area contributed by atoms with Gasteiger partial charge in [-0.3, -0.25) is 9.69 Å². The normalized spacial score (nSPS) is 15.5. The first-order chi connectivity index (χ1) is 14.2. The molecule has 1 aromatic carbocycles. The number of carbonyl (C=O) groups is 1. The van der Waals surface area contributed by atoms with Gasteiger partial charge in [0.2, 0.25) is 5.91 Å². The molecule has 2 aromatic heterocycles. The smallest absolute Gasteiger partial charge is 0.229 e. The fourth-order valence-electron chi connectivity index (χ4n) is 3.97. The van der Waals surface area contributed by atoms with Gasteiger partial charge in [-0.2, -0.15) is 5.10 Å². The van der Waals surface area contributed by atoms with Gasteiger partial charge in [0.1, 0.15) is 11.6 Å². The Morgan fingerprint density at radius 2 is 1.93 bits per heavy atom. The number of aryl methyl sites for hydroxylation is 1. The summed E-state index contributed by atoms with van der Waals surface area (Å²) in [6.07, 6.45) is 8.07.